The number of nitrogens with zero attached hydrogens (tertiary/aromatic N) is 1. The van der Waals surface area contributed by atoms with Crippen LogP contribution >= 0.6 is 0 Å². The van der Waals surface area contributed by atoms with Gasteiger partial charge in [0.2, 0.25) is 5.91 Å². The predicted molar refractivity (Wildman–Crippen MR) is 69.5 cm³/mol. The lowest BCUT2D eigenvalue weighted by atomic mass is 10.1. The Balaban J connectivity index is 3.04. The summed E-state index contributed by atoms with van der Waals surface area (Å²) in [6, 6.07) is 4.00. The van der Waals surface area contributed by atoms with Crippen molar-refractivity contribution >= 4 is 17.3 Å². The van der Waals surface area contributed by atoms with Crippen LogP contribution in [0.15, 0.2) is 29.8 Å². The predicted octanol–water partition coefficient (Wildman–Crippen LogP) is 2.07. The SMILES string of the molecule is CC(C)=CCNc1cc(C(N)=O)ccc1[N+](=O)[O-]. The first-order valence-electron chi connectivity index (χ1n) is 5.37. The fourth-order valence-electron chi connectivity index (χ4n) is 1.36. The molecular weight excluding hydrogens is 234 g/mol. The summed E-state index contributed by atoms with van der Waals surface area (Å²) in [7, 11) is 0. The molecule has 18 heavy (non-hydrogen) atoms. The van der Waals surface area contributed by atoms with Gasteiger partial charge in [-0.3, -0.25) is 14.9 Å². The molecule has 3 N–H and O–H groups in total. The van der Waals surface area contributed by atoms with Crippen molar-refractivity contribution < 1.29 is 9.72 Å². The monoisotopic (exact) mass is 249 g/mol. The number of carbonyl (C=O) groups excluding carboxylic acids is 1. The second-order valence-corrected chi connectivity index (χ2v) is 4.02. The third-order valence-corrected chi connectivity index (χ3v) is 2.28. The maximum Gasteiger partial charge on any atom is 0.292 e. The van der Waals surface area contributed by atoms with E-state index in [1.807, 2.05) is 19.9 Å². The van der Waals surface area contributed by atoms with Gasteiger partial charge in [-0.2, -0.15) is 0 Å². The third kappa shape index (κ3) is 3.58. The van der Waals surface area contributed by atoms with Crippen molar-refractivity contribution in [2.24, 2.45) is 5.73 Å². The minimum absolute atomic E-state index is 0.0813. The van der Waals surface area contributed by atoms with Crippen LogP contribution in [0.1, 0.15) is 24.2 Å². The van der Waals surface area contributed by atoms with Gasteiger partial charge in [-0.25, -0.2) is 0 Å². The average molecular weight is 249 g/mol. The molecule has 0 heterocycles. The highest BCUT2D eigenvalue weighted by Crippen LogP contribution is 2.25. The van der Waals surface area contributed by atoms with E-state index in [9.17, 15) is 14.9 Å². The Labute approximate surface area is 105 Å². The molecule has 0 unspecified atom stereocenters. The van der Waals surface area contributed by atoms with Crippen LogP contribution in [0.3, 0.4) is 0 Å². The zero-order valence-corrected chi connectivity index (χ0v) is 10.3. The summed E-state index contributed by atoms with van der Waals surface area (Å²) >= 11 is 0. The summed E-state index contributed by atoms with van der Waals surface area (Å²) in [5.41, 5.74) is 6.67. The summed E-state index contributed by atoms with van der Waals surface area (Å²) in [5, 5.41) is 13.7. The van der Waals surface area contributed by atoms with Crippen LogP contribution in [0.5, 0.6) is 0 Å². The second-order valence-electron chi connectivity index (χ2n) is 4.02. The van der Waals surface area contributed by atoms with Gasteiger partial charge in [0.15, 0.2) is 0 Å². The summed E-state index contributed by atoms with van der Waals surface area (Å²) < 4.78 is 0. The van der Waals surface area contributed by atoms with Crippen LogP contribution in [0.25, 0.3) is 0 Å². The average Bonchev–Trinajstić information content (AvgIpc) is 2.27. The number of anilines is 1. The van der Waals surface area contributed by atoms with Crippen LogP contribution < -0.4 is 11.1 Å². The molecular formula is C12H15N3O3. The molecule has 0 spiro atoms. The number of amides is 1. The number of primary amides is 1. The van der Waals surface area contributed by atoms with E-state index in [2.05, 4.69) is 5.32 Å². The molecule has 6 heteroatoms. The highest BCUT2D eigenvalue weighted by atomic mass is 16.6. The number of rotatable bonds is 5. The summed E-state index contributed by atoms with van der Waals surface area (Å²) in [4.78, 5) is 21.4. The van der Waals surface area contributed by atoms with Gasteiger partial charge in [0.25, 0.3) is 5.69 Å². The molecule has 0 aliphatic heterocycles. The number of hydrogen-bond acceptors (Lipinski definition) is 4. The van der Waals surface area contributed by atoms with Crippen LogP contribution in [-0.2, 0) is 0 Å². The molecule has 0 aliphatic rings. The van der Waals surface area contributed by atoms with Gasteiger partial charge in [-0.05, 0) is 26.0 Å². The zero-order valence-electron chi connectivity index (χ0n) is 10.3. The lowest BCUT2D eigenvalue weighted by molar-refractivity contribution is -0.384. The minimum atomic E-state index is -0.616. The van der Waals surface area contributed by atoms with Crippen molar-refractivity contribution in [3.63, 3.8) is 0 Å². The van der Waals surface area contributed by atoms with Gasteiger partial charge in [0, 0.05) is 18.2 Å². The highest BCUT2D eigenvalue weighted by Gasteiger charge is 2.15. The van der Waals surface area contributed by atoms with Gasteiger partial charge in [-0.15, -0.1) is 0 Å². The molecule has 96 valence electrons. The Morgan fingerprint density at radius 2 is 2.17 bits per heavy atom. The van der Waals surface area contributed by atoms with E-state index in [1.165, 1.54) is 18.2 Å². The van der Waals surface area contributed by atoms with E-state index in [0.29, 0.717) is 6.54 Å². The molecule has 0 radical (unpaired) electrons. The van der Waals surface area contributed by atoms with Crippen molar-refractivity contribution in [3.8, 4) is 0 Å². The lowest BCUT2D eigenvalue weighted by Crippen LogP contribution is -2.12. The summed E-state index contributed by atoms with van der Waals surface area (Å²) in [6.45, 7) is 4.30. The number of nitrogens with one attached hydrogen (secondary N) is 1. The lowest BCUT2D eigenvalue weighted by Gasteiger charge is -2.06. The van der Waals surface area contributed by atoms with Crippen molar-refractivity contribution in [3.05, 3.63) is 45.5 Å². The molecule has 6 nitrogen and oxygen atoms in total. The van der Waals surface area contributed by atoms with E-state index in [-0.39, 0.29) is 16.9 Å². The number of allylic oxidation sites excluding steroid dienone is 1. The zero-order chi connectivity index (χ0) is 13.7. The second kappa shape index (κ2) is 5.81. The quantitative estimate of drug-likeness (QED) is 0.474. The number of nitro groups is 1. The van der Waals surface area contributed by atoms with Crippen LogP contribution in [-0.4, -0.2) is 17.4 Å². The molecule has 0 atom stereocenters. The number of carbonyl (C=O) groups is 1. The molecule has 0 bridgehead atoms. The first kappa shape index (κ1) is 13.7. The van der Waals surface area contributed by atoms with Crippen molar-refractivity contribution in [1.29, 1.82) is 0 Å². The van der Waals surface area contributed by atoms with Gasteiger partial charge in [-0.1, -0.05) is 11.6 Å². The number of nitro benzene ring substituents is 1. The number of benzene rings is 1. The molecule has 0 saturated heterocycles. The van der Waals surface area contributed by atoms with Crippen LogP contribution in [0.4, 0.5) is 11.4 Å². The molecule has 1 aromatic carbocycles. The van der Waals surface area contributed by atoms with E-state index >= 15 is 0 Å². The van der Waals surface area contributed by atoms with E-state index in [0.717, 1.165) is 5.57 Å². The maximum atomic E-state index is 11.0. The van der Waals surface area contributed by atoms with Gasteiger partial charge in [0.05, 0.1) is 4.92 Å². The smallest absolute Gasteiger partial charge is 0.292 e. The van der Waals surface area contributed by atoms with Gasteiger partial charge in [0.1, 0.15) is 5.69 Å². The van der Waals surface area contributed by atoms with E-state index in [4.69, 9.17) is 5.73 Å². The first-order chi connectivity index (χ1) is 8.41. The van der Waals surface area contributed by atoms with Gasteiger partial charge >= 0.3 is 0 Å². The Kier molecular flexibility index (Phi) is 4.42. The molecule has 0 aromatic heterocycles. The summed E-state index contributed by atoms with van der Waals surface area (Å²) in [5.74, 6) is -0.616. The Morgan fingerprint density at radius 1 is 1.50 bits per heavy atom. The molecule has 1 aromatic rings. The van der Waals surface area contributed by atoms with Crippen molar-refractivity contribution in [2.45, 2.75) is 13.8 Å². The molecule has 1 amide bonds. The molecule has 0 saturated carbocycles. The van der Waals surface area contributed by atoms with Crippen molar-refractivity contribution in [1.82, 2.24) is 0 Å². The number of hydrogen-bond donors (Lipinski definition) is 2. The normalized spacial score (nSPS) is 9.67. The summed E-state index contributed by atoms with van der Waals surface area (Å²) in [6.07, 6.45) is 1.89. The topological polar surface area (TPSA) is 98.3 Å². The Hall–Kier alpha value is -2.37. The number of nitrogens with two attached hydrogens (primary N) is 1. The Bertz CT molecular complexity index is 505. The van der Waals surface area contributed by atoms with E-state index in [1.54, 1.807) is 0 Å². The third-order valence-electron chi connectivity index (χ3n) is 2.28. The van der Waals surface area contributed by atoms with Crippen LogP contribution in [0, 0.1) is 10.1 Å². The first-order valence-corrected chi connectivity index (χ1v) is 5.37. The maximum absolute atomic E-state index is 11.0. The molecule has 1 rings (SSSR count). The van der Waals surface area contributed by atoms with Crippen LogP contribution in [0.2, 0.25) is 0 Å². The molecule has 0 aliphatic carbocycles. The largest absolute Gasteiger partial charge is 0.376 e. The highest BCUT2D eigenvalue weighted by molar-refractivity contribution is 5.94. The standard InChI is InChI=1S/C12H15N3O3/c1-8(2)5-6-14-10-7-9(12(13)16)3-4-11(10)15(17)18/h3-5,7,14H,6H2,1-2H3,(H2,13,16). The minimum Gasteiger partial charge on any atom is -0.376 e. The fraction of sp³-hybridized carbons (Fsp3) is 0.250. The fourth-order valence-corrected chi connectivity index (χ4v) is 1.36. The molecule has 0 fully saturated rings. The van der Waals surface area contributed by atoms with Crippen molar-refractivity contribution in [2.75, 3.05) is 11.9 Å². The van der Waals surface area contributed by atoms with E-state index < -0.39 is 10.8 Å². The Morgan fingerprint density at radius 3 is 2.67 bits per heavy atom. The van der Waals surface area contributed by atoms with Gasteiger partial charge < -0.3 is 11.1 Å².